The van der Waals surface area contributed by atoms with Gasteiger partial charge in [0.2, 0.25) is 0 Å². The summed E-state index contributed by atoms with van der Waals surface area (Å²) in [6.45, 7) is 6.18. The smallest absolute Gasteiger partial charge is 0.275 e. The van der Waals surface area contributed by atoms with Gasteiger partial charge < -0.3 is 15.5 Å². The van der Waals surface area contributed by atoms with Crippen LogP contribution in [0.15, 0.2) is 48.8 Å². The van der Waals surface area contributed by atoms with Crippen LogP contribution in [-0.2, 0) is 0 Å². The molecule has 1 heterocycles. The van der Waals surface area contributed by atoms with Crippen LogP contribution in [0.5, 0.6) is 0 Å². The van der Waals surface area contributed by atoms with Gasteiger partial charge in [0.15, 0.2) is 0 Å². The third-order valence-corrected chi connectivity index (χ3v) is 4.46. The maximum Gasteiger partial charge on any atom is 0.275 e. The molecule has 0 aliphatic heterocycles. The first kappa shape index (κ1) is 19.4. The van der Waals surface area contributed by atoms with E-state index in [1.54, 1.807) is 6.20 Å². The number of aromatic nitrogens is 2. The van der Waals surface area contributed by atoms with Gasteiger partial charge in [0.1, 0.15) is 11.5 Å². The summed E-state index contributed by atoms with van der Waals surface area (Å²) in [5.74, 6) is 0.307. The SMILES string of the molecule is Cc1cc(C)c(Nc2cnc(C(=O)Nc3ccc(N(C)C)cc3)cn2)c(C)c1. The number of carbonyl (C=O) groups excluding carboxylic acids is 1. The number of nitrogens with zero attached hydrogens (tertiary/aromatic N) is 3. The van der Waals surface area contributed by atoms with Crippen LogP contribution in [0.25, 0.3) is 0 Å². The van der Waals surface area contributed by atoms with E-state index in [0.29, 0.717) is 11.5 Å². The molecule has 0 saturated carbocycles. The Labute approximate surface area is 165 Å². The average Bonchev–Trinajstić information content (AvgIpc) is 2.65. The number of hydrogen-bond donors (Lipinski definition) is 2. The van der Waals surface area contributed by atoms with Crippen molar-refractivity contribution in [1.82, 2.24) is 9.97 Å². The van der Waals surface area contributed by atoms with Gasteiger partial charge in [-0.15, -0.1) is 0 Å². The monoisotopic (exact) mass is 375 g/mol. The Kier molecular flexibility index (Phi) is 5.59. The van der Waals surface area contributed by atoms with Gasteiger partial charge in [0.25, 0.3) is 5.91 Å². The molecule has 0 aliphatic carbocycles. The molecule has 3 rings (SSSR count). The molecule has 0 bridgehead atoms. The van der Waals surface area contributed by atoms with Gasteiger partial charge >= 0.3 is 0 Å². The Morgan fingerprint density at radius 2 is 1.57 bits per heavy atom. The molecule has 6 nitrogen and oxygen atoms in total. The summed E-state index contributed by atoms with van der Waals surface area (Å²) >= 11 is 0. The van der Waals surface area contributed by atoms with Crippen LogP contribution < -0.4 is 15.5 Å². The molecule has 144 valence electrons. The minimum absolute atomic E-state index is 0.264. The van der Waals surface area contributed by atoms with Crippen LogP contribution in [-0.4, -0.2) is 30.0 Å². The molecule has 28 heavy (non-hydrogen) atoms. The Bertz CT molecular complexity index is 956. The van der Waals surface area contributed by atoms with Crippen LogP contribution in [0, 0.1) is 20.8 Å². The van der Waals surface area contributed by atoms with E-state index < -0.39 is 0 Å². The molecule has 1 aromatic heterocycles. The molecule has 0 atom stereocenters. The maximum atomic E-state index is 12.4. The number of benzene rings is 2. The zero-order chi connectivity index (χ0) is 20.3. The van der Waals surface area contributed by atoms with E-state index in [1.165, 1.54) is 11.8 Å². The van der Waals surface area contributed by atoms with Crippen molar-refractivity contribution in [3.8, 4) is 0 Å². The highest BCUT2D eigenvalue weighted by Gasteiger charge is 2.10. The molecular formula is C22H25N5O. The Morgan fingerprint density at radius 3 is 2.11 bits per heavy atom. The normalized spacial score (nSPS) is 10.5. The fraction of sp³-hybridized carbons (Fsp3) is 0.227. The third-order valence-electron chi connectivity index (χ3n) is 4.46. The summed E-state index contributed by atoms with van der Waals surface area (Å²) in [6, 6.07) is 11.8. The predicted octanol–water partition coefficient (Wildman–Crippen LogP) is 4.46. The molecular weight excluding hydrogens is 350 g/mol. The molecule has 0 aliphatic rings. The first-order chi connectivity index (χ1) is 13.3. The first-order valence-electron chi connectivity index (χ1n) is 9.09. The lowest BCUT2D eigenvalue weighted by Crippen LogP contribution is -2.14. The van der Waals surface area contributed by atoms with E-state index in [9.17, 15) is 4.79 Å². The van der Waals surface area contributed by atoms with Gasteiger partial charge in [-0.2, -0.15) is 0 Å². The average molecular weight is 375 g/mol. The van der Waals surface area contributed by atoms with Crippen molar-refractivity contribution in [1.29, 1.82) is 0 Å². The van der Waals surface area contributed by atoms with Crippen LogP contribution >= 0.6 is 0 Å². The van der Waals surface area contributed by atoms with Gasteiger partial charge in [-0.1, -0.05) is 17.7 Å². The predicted molar refractivity (Wildman–Crippen MR) is 115 cm³/mol. The topological polar surface area (TPSA) is 70.2 Å². The second-order valence-electron chi connectivity index (χ2n) is 7.08. The standard InChI is InChI=1S/C22H25N5O/c1-14-10-15(2)21(16(3)11-14)26-20-13-23-19(12-24-20)22(28)25-17-6-8-18(9-7-17)27(4)5/h6-13H,1-5H3,(H,24,26)(H,25,28). The number of anilines is 4. The lowest BCUT2D eigenvalue weighted by molar-refractivity contribution is 0.102. The van der Waals surface area contributed by atoms with E-state index in [4.69, 9.17) is 0 Å². The van der Waals surface area contributed by atoms with Crippen molar-refractivity contribution in [2.75, 3.05) is 29.6 Å². The van der Waals surface area contributed by atoms with E-state index in [-0.39, 0.29) is 11.6 Å². The van der Waals surface area contributed by atoms with Crippen molar-refractivity contribution in [2.24, 2.45) is 0 Å². The van der Waals surface area contributed by atoms with Crippen molar-refractivity contribution in [3.63, 3.8) is 0 Å². The summed E-state index contributed by atoms with van der Waals surface area (Å²) < 4.78 is 0. The van der Waals surface area contributed by atoms with Crippen LogP contribution in [0.4, 0.5) is 22.9 Å². The summed E-state index contributed by atoms with van der Waals surface area (Å²) in [6.07, 6.45) is 3.05. The lowest BCUT2D eigenvalue weighted by Gasteiger charge is -2.14. The highest BCUT2D eigenvalue weighted by Crippen LogP contribution is 2.24. The van der Waals surface area contributed by atoms with E-state index in [0.717, 1.165) is 22.5 Å². The molecule has 0 spiro atoms. The van der Waals surface area contributed by atoms with Gasteiger partial charge in [-0.3, -0.25) is 4.79 Å². The minimum atomic E-state index is -0.292. The Hall–Kier alpha value is -3.41. The second-order valence-corrected chi connectivity index (χ2v) is 7.08. The fourth-order valence-corrected chi connectivity index (χ4v) is 3.05. The number of amides is 1. The van der Waals surface area contributed by atoms with Crippen LogP contribution in [0.1, 0.15) is 27.2 Å². The number of rotatable bonds is 5. The molecule has 1 amide bonds. The van der Waals surface area contributed by atoms with E-state index in [1.807, 2.05) is 43.3 Å². The Balaban J connectivity index is 1.69. The molecule has 0 fully saturated rings. The third kappa shape index (κ3) is 4.46. The Morgan fingerprint density at radius 1 is 0.929 bits per heavy atom. The lowest BCUT2D eigenvalue weighted by atomic mass is 10.1. The molecule has 3 aromatic rings. The maximum absolute atomic E-state index is 12.4. The van der Waals surface area contributed by atoms with Crippen molar-refractivity contribution in [3.05, 3.63) is 71.2 Å². The molecule has 2 aromatic carbocycles. The quantitative estimate of drug-likeness (QED) is 0.689. The number of carbonyl (C=O) groups is 1. The number of aryl methyl sites for hydroxylation is 3. The van der Waals surface area contributed by atoms with Crippen LogP contribution in [0.2, 0.25) is 0 Å². The number of nitrogens with one attached hydrogen (secondary N) is 2. The second kappa shape index (κ2) is 8.08. The molecule has 0 radical (unpaired) electrons. The molecule has 6 heteroatoms. The van der Waals surface area contributed by atoms with Gasteiger partial charge in [-0.05, 0) is 56.2 Å². The van der Waals surface area contributed by atoms with Gasteiger partial charge in [-0.25, -0.2) is 9.97 Å². The van der Waals surface area contributed by atoms with Crippen LogP contribution in [0.3, 0.4) is 0 Å². The number of hydrogen-bond acceptors (Lipinski definition) is 5. The highest BCUT2D eigenvalue weighted by molar-refractivity contribution is 6.02. The van der Waals surface area contributed by atoms with Gasteiger partial charge in [0.05, 0.1) is 12.4 Å². The van der Waals surface area contributed by atoms with Crippen molar-refractivity contribution < 1.29 is 4.79 Å². The zero-order valence-electron chi connectivity index (χ0n) is 16.9. The molecule has 0 unspecified atom stereocenters. The molecule has 2 N–H and O–H groups in total. The summed E-state index contributed by atoms with van der Waals surface area (Å²) in [7, 11) is 3.94. The fourth-order valence-electron chi connectivity index (χ4n) is 3.05. The van der Waals surface area contributed by atoms with Crippen molar-refractivity contribution in [2.45, 2.75) is 20.8 Å². The van der Waals surface area contributed by atoms with Crippen molar-refractivity contribution >= 4 is 28.8 Å². The summed E-state index contributed by atoms with van der Waals surface area (Å²) in [5, 5.41) is 6.13. The highest BCUT2D eigenvalue weighted by atomic mass is 16.1. The zero-order valence-corrected chi connectivity index (χ0v) is 16.9. The largest absolute Gasteiger partial charge is 0.378 e. The summed E-state index contributed by atoms with van der Waals surface area (Å²) in [5.41, 5.74) is 6.56. The summed E-state index contributed by atoms with van der Waals surface area (Å²) in [4.78, 5) is 23.0. The van der Waals surface area contributed by atoms with Gasteiger partial charge in [0, 0.05) is 31.2 Å². The first-order valence-corrected chi connectivity index (χ1v) is 9.09. The van der Waals surface area contributed by atoms with E-state index in [2.05, 4.69) is 53.5 Å². The molecule has 0 saturated heterocycles. The van der Waals surface area contributed by atoms with E-state index >= 15 is 0 Å². The minimum Gasteiger partial charge on any atom is -0.378 e.